The summed E-state index contributed by atoms with van der Waals surface area (Å²) in [7, 11) is 0. The summed E-state index contributed by atoms with van der Waals surface area (Å²) in [5.41, 5.74) is 3.58. The maximum Gasteiger partial charge on any atom is 0.234 e. The van der Waals surface area contributed by atoms with Crippen LogP contribution < -0.4 is 5.32 Å². The average molecular weight is 392 g/mol. The summed E-state index contributed by atoms with van der Waals surface area (Å²) >= 11 is 0. The van der Waals surface area contributed by atoms with Gasteiger partial charge in [0.05, 0.1) is 12.6 Å². The van der Waals surface area contributed by atoms with Crippen molar-refractivity contribution in [3.8, 4) is 0 Å². The van der Waals surface area contributed by atoms with Gasteiger partial charge in [-0.3, -0.25) is 14.6 Å². The molecule has 1 fully saturated rings. The molecule has 1 atom stereocenters. The topological polar surface area (TPSA) is 48.7 Å². The van der Waals surface area contributed by atoms with Crippen molar-refractivity contribution >= 4 is 16.9 Å². The lowest BCUT2D eigenvalue weighted by molar-refractivity contribution is -0.123. The van der Waals surface area contributed by atoms with Gasteiger partial charge in [0.25, 0.3) is 0 Å². The van der Waals surface area contributed by atoms with Crippen molar-refractivity contribution in [2.24, 2.45) is 0 Å². The molecule has 1 amide bonds. The monoisotopic (exact) mass is 391 g/mol. The number of hydrogen-bond acceptors (Lipinski definition) is 4. The number of amides is 1. The van der Waals surface area contributed by atoms with Gasteiger partial charge >= 0.3 is 0 Å². The molecular weight excluding hydrogens is 362 g/mol. The fourth-order valence-corrected chi connectivity index (χ4v) is 3.91. The number of hydrogen-bond donors (Lipinski definition) is 1. The van der Waals surface area contributed by atoms with Crippen molar-refractivity contribution in [3.63, 3.8) is 0 Å². The van der Waals surface area contributed by atoms with Gasteiger partial charge in [0.2, 0.25) is 5.91 Å². The molecule has 152 valence electrons. The van der Waals surface area contributed by atoms with Crippen molar-refractivity contribution in [3.05, 3.63) is 71.5 Å². The minimum atomic E-state index is -0.141. The van der Waals surface area contributed by atoms with Crippen LogP contribution in [0, 0.1) is 6.92 Å². The maximum absolute atomic E-state index is 12.5. The number of nitrogens with zero attached hydrogens (tertiary/aromatic N) is 2. The third-order valence-electron chi connectivity index (χ3n) is 5.74. The SMILES string of the molecule is Cc1ccccc1CN1CCN(CC(=O)NC(C)c2cc3ccccc3o2)CC1. The van der Waals surface area contributed by atoms with Gasteiger partial charge in [0, 0.05) is 38.1 Å². The summed E-state index contributed by atoms with van der Waals surface area (Å²) in [6, 6.07) is 18.3. The minimum absolute atomic E-state index is 0.0466. The first kappa shape index (κ1) is 19.7. The Balaban J connectivity index is 1.25. The van der Waals surface area contributed by atoms with E-state index in [-0.39, 0.29) is 11.9 Å². The molecular formula is C24H29N3O2. The maximum atomic E-state index is 12.5. The molecule has 3 aromatic rings. The lowest BCUT2D eigenvalue weighted by Crippen LogP contribution is -2.49. The third kappa shape index (κ3) is 4.86. The molecule has 1 unspecified atom stereocenters. The number of benzene rings is 2. The van der Waals surface area contributed by atoms with Gasteiger partial charge in [-0.2, -0.15) is 0 Å². The van der Waals surface area contributed by atoms with Crippen LogP contribution in [0.3, 0.4) is 0 Å². The zero-order valence-electron chi connectivity index (χ0n) is 17.2. The summed E-state index contributed by atoms with van der Waals surface area (Å²) in [5.74, 6) is 0.841. The number of aryl methyl sites for hydroxylation is 1. The summed E-state index contributed by atoms with van der Waals surface area (Å²) in [6.07, 6.45) is 0. The molecule has 1 saturated heterocycles. The van der Waals surface area contributed by atoms with Crippen molar-refractivity contribution in [1.82, 2.24) is 15.1 Å². The second kappa shape index (κ2) is 8.80. The van der Waals surface area contributed by atoms with E-state index in [1.807, 2.05) is 37.3 Å². The normalized spacial score (nSPS) is 16.8. The number of rotatable bonds is 6. The quantitative estimate of drug-likeness (QED) is 0.696. The van der Waals surface area contributed by atoms with E-state index >= 15 is 0 Å². The van der Waals surface area contributed by atoms with E-state index in [4.69, 9.17) is 4.42 Å². The Morgan fingerprint density at radius 3 is 2.48 bits per heavy atom. The smallest absolute Gasteiger partial charge is 0.234 e. The Morgan fingerprint density at radius 2 is 1.72 bits per heavy atom. The molecule has 5 nitrogen and oxygen atoms in total. The van der Waals surface area contributed by atoms with E-state index < -0.39 is 0 Å². The van der Waals surface area contributed by atoms with Crippen LogP contribution in [-0.2, 0) is 11.3 Å². The van der Waals surface area contributed by atoms with Crippen molar-refractivity contribution in [2.75, 3.05) is 32.7 Å². The first-order valence-corrected chi connectivity index (χ1v) is 10.4. The highest BCUT2D eigenvalue weighted by Crippen LogP contribution is 2.23. The van der Waals surface area contributed by atoms with Gasteiger partial charge in [-0.25, -0.2) is 0 Å². The number of carbonyl (C=O) groups is 1. The Bertz CT molecular complexity index is 940. The highest BCUT2D eigenvalue weighted by Gasteiger charge is 2.21. The molecule has 2 aromatic carbocycles. The molecule has 0 spiro atoms. The van der Waals surface area contributed by atoms with Gasteiger partial charge in [-0.05, 0) is 37.1 Å². The van der Waals surface area contributed by atoms with Crippen LogP contribution in [0.5, 0.6) is 0 Å². The van der Waals surface area contributed by atoms with Crippen LogP contribution in [0.4, 0.5) is 0 Å². The molecule has 5 heteroatoms. The fraction of sp³-hybridized carbons (Fsp3) is 0.375. The summed E-state index contributed by atoms with van der Waals surface area (Å²) in [4.78, 5) is 17.2. The highest BCUT2D eigenvalue weighted by molar-refractivity contribution is 5.80. The fourth-order valence-electron chi connectivity index (χ4n) is 3.91. The number of fused-ring (bicyclic) bond motifs is 1. The standard InChI is InChI=1S/C24H29N3O2/c1-18-7-3-4-9-21(18)16-26-11-13-27(14-12-26)17-24(28)25-19(2)23-15-20-8-5-6-10-22(20)29-23/h3-10,15,19H,11-14,16-17H2,1-2H3,(H,25,28). The zero-order valence-corrected chi connectivity index (χ0v) is 17.2. The van der Waals surface area contributed by atoms with Gasteiger partial charge < -0.3 is 9.73 Å². The van der Waals surface area contributed by atoms with Gasteiger partial charge in [0.1, 0.15) is 11.3 Å². The van der Waals surface area contributed by atoms with Crippen molar-refractivity contribution in [2.45, 2.75) is 26.4 Å². The van der Waals surface area contributed by atoms with Crippen LogP contribution in [0.1, 0.15) is 29.9 Å². The molecule has 4 rings (SSSR count). The minimum Gasteiger partial charge on any atom is -0.459 e. The van der Waals surface area contributed by atoms with Crippen LogP contribution in [0.2, 0.25) is 0 Å². The molecule has 1 aromatic heterocycles. The van der Waals surface area contributed by atoms with Crippen LogP contribution >= 0.6 is 0 Å². The summed E-state index contributed by atoms with van der Waals surface area (Å²) in [6.45, 7) is 9.35. The second-order valence-corrected chi connectivity index (χ2v) is 7.95. The Labute approximate surface area is 172 Å². The first-order chi connectivity index (χ1) is 14.1. The van der Waals surface area contributed by atoms with Crippen LogP contribution in [-0.4, -0.2) is 48.4 Å². The molecule has 1 N–H and O–H groups in total. The van der Waals surface area contributed by atoms with Crippen molar-refractivity contribution < 1.29 is 9.21 Å². The average Bonchev–Trinajstić information content (AvgIpc) is 3.16. The predicted molar refractivity (Wildman–Crippen MR) is 116 cm³/mol. The lowest BCUT2D eigenvalue weighted by Gasteiger charge is -2.34. The highest BCUT2D eigenvalue weighted by atomic mass is 16.3. The molecule has 1 aliphatic heterocycles. The molecule has 29 heavy (non-hydrogen) atoms. The van der Waals surface area contributed by atoms with Crippen molar-refractivity contribution in [1.29, 1.82) is 0 Å². The summed E-state index contributed by atoms with van der Waals surface area (Å²) in [5, 5.41) is 4.14. The number of nitrogens with one attached hydrogen (secondary N) is 1. The van der Waals surface area contributed by atoms with Crippen LogP contribution in [0.15, 0.2) is 59.0 Å². The van der Waals surface area contributed by atoms with Gasteiger partial charge in [0.15, 0.2) is 0 Å². The summed E-state index contributed by atoms with van der Waals surface area (Å²) < 4.78 is 5.87. The Hall–Kier alpha value is -2.63. The van der Waals surface area contributed by atoms with E-state index in [1.165, 1.54) is 11.1 Å². The zero-order chi connectivity index (χ0) is 20.2. The van der Waals surface area contributed by atoms with E-state index in [9.17, 15) is 4.79 Å². The molecule has 2 heterocycles. The Morgan fingerprint density at radius 1 is 1.03 bits per heavy atom. The number of piperazine rings is 1. The molecule has 0 radical (unpaired) electrons. The second-order valence-electron chi connectivity index (χ2n) is 7.95. The van der Waals surface area contributed by atoms with E-state index in [1.54, 1.807) is 0 Å². The van der Waals surface area contributed by atoms with Gasteiger partial charge in [-0.1, -0.05) is 42.5 Å². The largest absolute Gasteiger partial charge is 0.459 e. The number of para-hydroxylation sites is 1. The molecule has 0 aliphatic carbocycles. The van der Waals surface area contributed by atoms with E-state index in [0.29, 0.717) is 6.54 Å². The predicted octanol–water partition coefficient (Wildman–Crippen LogP) is 3.74. The first-order valence-electron chi connectivity index (χ1n) is 10.4. The third-order valence-corrected chi connectivity index (χ3v) is 5.74. The van der Waals surface area contributed by atoms with Crippen LogP contribution in [0.25, 0.3) is 11.0 Å². The van der Waals surface area contributed by atoms with E-state index in [0.717, 1.165) is 49.5 Å². The Kier molecular flexibility index (Phi) is 5.97. The molecule has 1 aliphatic rings. The van der Waals surface area contributed by atoms with Gasteiger partial charge in [-0.15, -0.1) is 0 Å². The lowest BCUT2D eigenvalue weighted by atomic mass is 10.1. The number of furan rings is 1. The molecule has 0 bridgehead atoms. The number of carbonyl (C=O) groups excluding carboxylic acids is 1. The van der Waals surface area contributed by atoms with E-state index in [2.05, 4.69) is 46.3 Å². The molecule has 0 saturated carbocycles.